The third kappa shape index (κ3) is 2.58. The fraction of sp³-hybridized carbons (Fsp3) is 0.417. The lowest BCUT2D eigenvalue weighted by Gasteiger charge is -2.36. The molecule has 1 aromatic rings. The van der Waals surface area contributed by atoms with Crippen LogP contribution in [0.2, 0.25) is 5.02 Å². The summed E-state index contributed by atoms with van der Waals surface area (Å²) in [6, 6.07) is 4.07. The number of carbonyl (C=O) groups excluding carboxylic acids is 1. The highest BCUT2D eigenvalue weighted by Crippen LogP contribution is 2.30. The Balaban J connectivity index is 2.02. The SMILES string of the molecule is O=C(NCC1(O)CCC1)c1cccc(F)c1Cl. The van der Waals surface area contributed by atoms with Gasteiger partial charge in [0, 0.05) is 6.54 Å². The van der Waals surface area contributed by atoms with Crippen molar-refractivity contribution in [2.75, 3.05) is 6.54 Å². The molecule has 1 aliphatic rings. The Morgan fingerprint density at radius 2 is 2.24 bits per heavy atom. The summed E-state index contributed by atoms with van der Waals surface area (Å²) in [6.07, 6.45) is 2.33. The minimum absolute atomic E-state index is 0.0922. The molecule has 0 unspecified atom stereocenters. The van der Waals surface area contributed by atoms with Gasteiger partial charge in [-0.25, -0.2) is 4.39 Å². The van der Waals surface area contributed by atoms with Crippen molar-refractivity contribution in [1.29, 1.82) is 0 Å². The van der Waals surface area contributed by atoms with Crippen molar-refractivity contribution in [2.24, 2.45) is 0 Å². The normalized spacial score (nSPS) is 17.4. The second-order valence-corrected chi connectivity index (χ2v) is 4.74. The van der Waals surface area contributed by atoms with Crippen LogP contribution in [-0.2, 0) is 0 Å². The zero-order valence-corrected chi connectivity index (χ0v) is 9.93. The van der Waals surface area contributed by atoms with Gasteiger partial charge >= 0.3 is 0 Å². The highest BCUT2D eigenvalue weighted by atomic mass is 35.5. The van der Waals surface area contributed by atoms with Gasteiger partial charge in [0.1, 0.15) is 5.82 Å². The standard InChI is InChI=1S/C12H13ClFNO2/c13-10-8(3-1-4-9(10)14)11(16)15-7-12(17)5-2-6-12/h1,3-4,17H,2,5-7H2,(H,15,16). The average molecular weight is 258 g/mol. The Labute approximate surface area is 104 Å². The van der Waals surface area contributed by atoms with Crippen LogP contribution in [0.3, 0.4) is 0 Å². The Kier molecular flexibility index (Phi) is 3.35. The topological polar surface area (TPSA) is 49.3 Å². The molecule has 0 bridgehead atoms. The van der Waals surface area contributed by atoms with E-state index in [0.29, 0.717) is 12.8 Å². The van der Waals surface area contributed by atoms with E-state index in [1.165, 1.54) is 18.2 Å². The molecule has 0 spiro atoms. The van der Waals surface area contributed by atoms with Crippen molar-refractivity contribution >= 4 is 17.5 Å². The predicted octanol–water partition coefficient (Wildman–Crippen LogP) is 2.12. The summed E-state index contributed by atoms with van der Waals surface area (Å²) in [5, 5.41) is 12.2. The Morgan fingerprint density at radius 3 is 2.82 bits per heavy atom. The van der Waals surface area contributed by atoms with Gasteiger partial charge in [-0.15, -0.1) is 0 Å². The van der Waals surface area contributed by atoms with E-state index in [9.17, 15) is 14.3 Å². The monoisotopic (exact) mass is 257 g/mol. The van der Waals surface area contributed by atoms with Crippen LogP contribution < -0.4 is 5.32 Å². The first-order valence-electron chi connectivity index (χ1n) is 5.46. The van der Waals surface area contributed by atoms with E-state index in [0.717, 1.165) is 6.42 Å². The molecule has 1 fully saturated rings. The lowest BCUT2D eigenvalue weighted by atomic mass is 9.80. The number of carbonyl (C=O) groups is 1. The summed E-state index contributed by atoms with van der Waals surface area (Å²) >= 11 is 5.69. The molecule has 0 atom stereocenters. The number of halogens is 2. The quantitative estimate of drug-likeness (QED) is 0.872. The number of rotatable bonds is 3. The van der Waals surface area contributed by atoms with Crippen molar-refractivity contribution in [3.05, 3.63) is 34.6 Å². The minimum Gasteiger partial charge on any atom is -0.388 e. The van der Waals surface area contributed by atoms with Crippen LogP contribution in [0.5, 0.6) is 0 Å². The van der Waals surface area contributed by atoms with Gasteiger partial charge in [-0.1, -0.05) is 17.7 Å². The summed E-state index contributed by atoms with van der Waals surface area (Å²) in [4.78, 5) is 11.7. The van der Waals surface area contributed by atoms with E-state index in [4.69, 9.17) is 11.6 Å². The third-order valence-corrected chi connectivity index (χ3v) is 3.44. The maximum Gasteiger partial charge on any atom is 0.253 e. The van der Waals surface area contributed by atoms with E-state index in [2.05, 4.69) is 5.32 Å². The van der Waals surface area contributed by atoms with Crippen molar-refractivity contribution < 1.29 is 14.3 Å². The highest BCUT2D eigenvalue weighted by Gasteiger charge is 2.34. The lowest BCUT2D eigenvalue weighted by molar-refractivity contribution is -0.0300. The fourth-order valence-electron chi connectivity index (χ4n) is 1.78. The molecular weight excluding hydrogens is 245 g/mol. The number of aliphatic hydroxyl groups is 1. The first-order chi connectivity index (χ1) is 8.02. The maximum absolute atomic E-state index is 13.1. The molecule has 1 aliphatic carbocycles. The molecule has 2 rings (SSSR count). The largest absolute Gasteiger partial charge is 0.388 e. The summed E-state index contributed by atoms with van der Waals surface area (Å²) in [7, 11) is 0. The van der Waals surface area contributed by atoms with Gasteiger partial charge in [0.15, 0.2) is 0 Å². The summed E-state index contributed by atoms with van der Waals surface area (Å²) < 4.78 is 13.1. The van der Waals surface area contributed by atoms with Crippen molar-refractivity contribution in [3.63, 3.8) is 0 Å². The van der Waals surface area contributed by atoms with Gasteiger partial charge in [-0.2, -0.15) is 0 Å². The van der Waals surface area contributed by atoms with Crippen molar-refractivity contribution in [1.82, 2.24) is 5.32 Å². The van der Waals surface area contributed by atoms with Gasteiger partial charge in [0.25, 0.3) is 5.91 Å². The van der Waals surface area contributed by atoms with E-state index in [1.54, 1.807) is 0 Å². The molecule has 1 saturated carbocycles. The van der Waals surface area contributed by atoms with E-state index in [-0.39, 0.29) is 17.1 Å². The summed E-state index contributed by atoms with van der Waals surface area (Å²) in [6.45, 7) is 0.179. The van der Waals surface area contributed by atoms with Crippen LogP contribution in [0.25, 0.3) is 0 Å². The molecule has 0 aromatic heterocycles. The molecule has 1 amide bonds. The fourth-order valence-corrected chi connectivity index (χ4v) is 1.99. The maximum atomic E-state index is 13.1. The number of nitrogens with one attached hydrogen (secondary N) is 1. The van der Waals surface area contributed by atoms with Crippen LogP contribution in [0.4, 0.5) is 4.39 Å². The van der Waals surface area contributed by atoms with Crippen molar-refractivity contribution in [3.8, 4) is 0 Å². The van der Waals surface area contributed by atoms with Crippen LogP contribution in [0.15, 0.2) is 18.2 Å². The van der Waals surface area contributed by atoms with Crippen LogP contribution in [0.1, 0.15) is 29.6 Å². The van der Waals surface area contributed by atoms with E-state index >= 15 is 0 Å². The van der Waals surface area contributed by atoms with E-state index in [1.807, 2.05) is 0 Å². The van der Waals surface area contributed by atoms with Crippen LogP contribution in [0, 0.1) is 5.82 Å². The molecule has 0 saturated heterocycles. The van der Waals surface area contributed by atoms with E-state index < -0.39 is 17.3 Å². The first-order valence-corrected chi connectivity index (χ1v) is 5.84. The smallest absolute Gasteiger partial charge is 0.253 e. The zero-order valence-electron chi connectivity index (χ0n) is 9.17. The van der Waals surface area contributed by atoms with Crippen LogP contribution >= 0.6 is 11.6 Å². The molecule has 0 aliphatic heterocycles. The van der Waals surface area contributed by atoms with Gasteiger partial charge < -0.3 is 10.4 Å². The molecule has 3 nitrogen and oxygen atoms in total. The predicted molar refractivity (Wildman–Crippen MR) is 62.5 cm³/mol. The van der Waals surface area contributed by atoms with Gasteiger partial charge in [0.2, 0.25) is 0 Å². The second-order valence-electron chi connectivity index (χ2n) is 4.36. The van der Waals surface area contributed by atoms with Gasteiger partial charge in [-0.05, 0) is 31.4 Å². The highest BCUT2D eigenvalue weighted by molar-refractivity contribution is 6.34. The molecule has 17 heavy (non-hydrogen) atoms. The number of hydrogen-bond acceptors (Lipinski definition) is 2. The number of benzene rings is 1. The Morgan fingerprint density at radius 1 is 1.53 bits per heavy atom. The van der Waals surface area contributed by atoms with Crippen molar-refractivity contribution in [2.45, 2.75) is 24.9 Å². The number of amides is 1. The molecule has 92 valence electrons. The van der Waals surface area contributed by atoms with Gasteiger partial charge in [-0.3, -0.25) is 4.79 Å². The van der Waals surface area contributed by atoms with Crippen LogP contribution in [-0.4, -0.2) is 23.2 Å². The zero-order chi connectivity index (χ0) is 12.5. The summed E-state index contributed by atoms with van der Waals surface area (Å²) in [5.41, 5.74) is -0.704. The Bertz CT molecular complexity index is 446. The first kappa shape index (κ1) is 12.3. The lowest BCUT2D eigenvalue weighted by Crippen LogP contribution is -2.47. The summed E-state index contributed by atoms with van der Waals surface area (Å²) in [5.74, 6) is -1.09. The molecule has 0 radical (unpaired) electrons. The number of hydrogen-bond donors (Lipinski definition) is 2. The minimum atomic E-state index is -0.796. The molecule has 5 heteroatoms. The van der Waals surface area contributed by atoms with Gasteiger partial charge in [0.05, 0.1) is 16.2 Å². The average Bonchev–Trinajstić information content (AvgIpc) is 2.27. The molecular formula is C12H13ClFNO2. The molecule has 2 N–H and O–H groups in total. The Hall–Kier alpha value is -1.13. The molecule has 1 aromatic carbocycles. The second kappa shape index (κ2) is 4.63. The molecule has 0 heterocycles. The third-order valence-electron chi connectivity index (χ3n) is 3.06.